The number of hydrogen-bond donors (Lipinski definition) is 1. The summed E-state index contributed by atoms with van der Waals surface area (Å²) in [6.07, 6.45) is 1.77. The number of aromatic nitrogens is 1. The van der Waals surface area contributed by atoms with E-state index in [0.29, 0.717) is 11.6 Å². The molecule has 0 fully saturated rings. The fraction of sp³-hybridized carbons (Fsp3) is 0.182. The van der Waals surface area contributed by atoms with Gasteiger partial charge in [-0.3, -0.25) is 0 Å². The molecule has 0 unspecified atom stereocenters. The first kappa shape index (κ1) is 11.4. The minimum absolute atomic E-state index is 0.491. The third-order valence-electron chi connectivity index (χ3n) is 2.16. The number of benzene rings is 1. The molecule has 0 aliphatic heterocycles. The van der Waals surface area contributed by atoms with Gasteiger partial charge in [-0.25, -0.2) is 4.98 Å². The van der Waals surface area contributed by atoms with Crippen LogP contribution < -0.4 is 10.5 Å². The predicted octanol–water partition coefficient (Wildman–Crippen LogP) is 2.93. The molecule has 0 spiro atoms. The quantitative estimate of drug-likeness (QED) is 0.916. The Kier molecular flexibility index (Phi) is 3.43. The molecule has 0 aliphatic carbocycles. The minimum Gasteiger partial charge on any atom is -0.496 e. The largest absolute Gasteiger partial charge is 0.496 e. The van der Waals surface area contributed by atoms with Crippen LogP contribution in [0.4, 0.5) is 0 Å². The van der Waals surface area contributed by atoms with Gasteiger partial charge in [-0.1, -0.05) is 17.7 Å². The molecule has 2 aromatic rings. The molecule has 3 nitrogen and oxygen atoms in total. The van der Waals surface area contributed by atoms with E-state index in [0.717, 1.165) is 21.2 Å². The summed E-state index contributed by atoms with van der Waals surface area (Å²) >= 11 is 7.68. The number of halogens is 1. The van der Waals surface area contributed by atoms with Gasteiger partial charge in [-0.15, -0.1) is 11.3 Å². The van der Waals surface area contributed by atoms with Gasteiger partial charge in [0, 0.05) is 17.6 Å². The SMILES string of the molecule is COc1cccc(Cl)c1-c1ncc(CN)s1. The molecule has 1 aromatic heterocycles. The van der Waals surface area contributed by atoms with E-state index in [1.165, 1.54) is 11.3 Å². The number of nitrogens with zero attached hydrogens (tertiary/aromatic N) is 1. The van der Waals surface area contributed by atoms with Crippen LogP contribution >= 0.6 is 22.9 Å². The van der Waals surface area contributed by atoms with Gasteiger partial charge in [0.1, 0.15) is 10.8 Å². The average molecular weight is 255 g/mol. The standard InChI is InChI=1S/C11H11ClN2OS/c1-15-9-4-2-3-8(12)10(9)11-14-6-7(5-13)16-11/h2-4,6H,5,13H2,1H3. The van der Waals surface area contributed by atoms with Crippen molar-refractivity contribution in [2.75, 3.05) is 7.11 Å². The molecule has 84 valence electrons. The summed E-state index contributed by atoms with van der Waals surface area (Å²) in [5.41, 5.74) is 6.39. The molecule has 1 heterocycles. The number of thiazole rings is 1. The molecule has 2 N–H and O–H groups in total. The lowest BCUT2D eigenvalue weighted by Gasteiger charge is -2.07. The highest BCUT2D eigenvalue weighted by Gasteiger charge is 2.13. The predicted molar refractivity (Wildman–Crippen MR) is 67.0 cm³/mol. The normalized spacial score (nSPS) is 10.4. The van der Waals surface area contributed by atoms with Crippen molar-refractivity contribution in [3.05, 3.63) is 34.3 Å². The first-order chi connectivity index (χ1) is 7.76. The summed E-state index contributed by atoms with van der Waals surface area (Å²) in [7, 11) is 1.62. The van der Waals surface area contributed by atoms with E-state index in [9.17, 15) is 0 Å². The number of nitrogens with two attached hydrogens (primary N) is 1. The van der Waals surface area contributed by atoms with Crippen LogP contribution in [-0.2, 0) is 6.54 Å². The van der Waals surface area contributed by atoms with Crippen LogP contribution in [-0.4, -0.2) is 12.1 Å². The van der Waals surface area contributed by atoms with Crippen LogP contribution in [0, 0.1) is 0 Å². The lowest BCUT2D eigenvalue weighted by atomic mass is 10.2. The first-order valence-electron chi connectivity index (χ1n) is 4.74. The van der Waals surface area contributed by atoms with E-state index in [4.69, 9.17) is 22.1 Å². The van der Waals surface area contributed by atoms with Crippen molar-refractivity contribution in [3.63, 3.8) is 0 Å². The lowest BCUT2D eigenvalue weighted by Crippen LogP contribution is -1.91. The molecular weight excluding hydrogens is 244 g/mol. The van der Waals surface area contributed by atoms with E-state index in [-0.39, 0.29) is 0 Å². The van der Waals surface area contributed by atoms with Crippen molar-refractivity contribution in [3.8, 4) is 16.3 Å². The third-order valence-corrected chi connectivity index (χ3v) is 3.52. The van der Waals surface area contributed by atoms with E-state index < -0.39 is 0 Å². The molecule has 0 saturated carbocycles. The van der Waals surface area contributed by atoms with Crippen molar-refractivity contribution >= 4 is 22.9 Å². The van der Waals surface area contributed by atoms with Gasteiger partial charge >= 0.3 is 0 Å². The van der Waals surface area contributed by atoms with Crippen LogP contribution in [0.3, 0.4) is 0 Å². The lowest BCUT2D eigenvalue weighted by molar-refractivity contribution is 0.416. The van der Waals surface area contributed by atoms with Gasteiger partial charge in [0.15, 0.2) is 0 Å². The Labute approximate surface area is 103 Å². The maximum atomic E-state index is 6.15. The van der Waals surface area contributed by atoms with Gasteiger partial charge in [0.05, 0.1) is 17.7 Å². The second-order valence-corrected chi connectivity index (χ2v) is 4.68. The number of methoxy groups -OCH3 is 1. The Balaban J connectivity index is 2.53. The highest BCUT2D eigenvalue weighted by molar-refractivity contribution is 7.15. The fourth-order valence-corrected chi connectivity index (χ4v) is 2.57. The summed E-state index contributed by atoms with van der Waals surface area (Å²) in [6, 6.07) is 5.54. The maximum Gasteiger partial charge on any atom is 0.130 e. The molecule has 0 radical (unpaired) electrons. The van der Waals surface area contributed by atoms with Crippen LogP contribution in [0.25, 0.3) is 10.6 Å². The van der Waals surface area contributed by atoms with Crippen molar-refractivity contribution in [1.29, 1.82) is 0 Å². The Morgan fingerprint density at radius 2 is 2.31 bits per heavy atom. The van der Waals surface area contributed by atoms with Crippen molar-refractivity contribution in [2.45, 2.75) is 6.54 Å². The van der Waals surface area contributed by atoms with E-state index in [2.05, 4.69) is 4.98 Å². The van der Waals surface area contributed by atoms with E-state index in [1.807, 2.05) is 18.2 Å². The summed E-state index contributed by atoms with van der Waals surface area (Å²) in [5, 5.41) is 1.47. The van der Waals surface area contributed by atoms with Gasteiger partial charge in [-0.2, -0.15) is 0 Å². The molecule has 0 atom stereocenters. The smallest absolute Gasteiger partial charge is 0.130 e. The van der Waals surface area contributed by atoms with Gasteiger partial charge in [0.25, 0.3) is 0 Å². The van der Waals surface area contributed by atoms with Crippen LogP contribution in [0.15, 0.2) is 24.4 Å². The second kappa shape index (κ2) is 4.82. The number of rotatable bonds is 3. The third kappa shape index (κ3) is 2.04. The molecule has 2 rings (SSSR count). The monoisotopic (exact) mass is 254 g/mol. The van der Waals surface area contributed by atoms with Crippen molar-refractivity contribution < 1.29 is 4.74 Å². The molecule has 0 aliphatic rings. The summed E-state index contributed by atoms with van der Waals surface area (Å²) in [4.78, 5) is 5.33. The molecule has 0 bridgehead atoms. The Morgan fingerprint density at radius 3 is 2.94 bits per heavy atom. The topological polar surface area (TPSA) is 48.1 Å². The molecular formula is C11H11ClN2OS. The molecule has 0 amide bonds. The Morgan fingerprint density at radius 1 is 1.50 bits per heavy atom. The Bertz CT molecular complexity index is 498. The first-order valence-corrected chi connectivity index (χ1v) is 5.93. The molecule has 16 heavy (non-hydrogen) atoms. The van der Waals surface area contributed by atoms with Crippen molar-refractivity contribution in [1.82, 2.24) is 4.98 Å². The number of ether oxygens (including phenoxy) is 1. The second-order valence-electron chi connectivity index (χ2n) is 3.15. The van der Waals surface area contributed by atoms with Crippen molar-refractivity contribution in [2.24, 2.45) is 5.73 Å². The summed E-state index contributed by atoms with van der Waals surface area (Å²) in [5.74, 6) is 0.727. The van der Waals surface area contributed by atoms with Gasteiger partial charge in [-0.05, 0) is 12.1 Å². The number of hydrogen-bond acceptors (Lipinski definition) is 4. The summed E-state index contributed by atoms with van der Waals surface area (Å²) in [6.45, 7) is 0.491. The van der Waals surface area contributed by atoms with E-state index >= 15 is 0 Å². The zero-order valence-electron chi connectivity index (χ0n) is 8.74. The van der Waals surface area contributed by atoms with Crippen LogP contribution in [0.5, 0.6) is 5.75 Å². The summed E-state index contributed by atoms with van der Waals surface area (Å²) < 4.78 is 5.27. The zero-order valence-corrected chi connectivity index (χ0v) is 10.3. The molecule has 0 saturated heterocycles. The minimum atomic E-state index is 0.491. The fourth-order valence-electron chi connectivity index (χ4n) is 1.40. The zero-order chi connectivity index (χ0) is 11.5. The highest BCUT2D eigenvalue weighted by atomic mass is 35.5. The van der Waals surface area contributed by atoms with Gasteiger partial charge < -0.3 is 10.5 Å². The maximum absolute atomic E-state index is 6.15. The molecule has 5 heteroatoms. The van der Waals surface area contributed by atoms with E-state index in [1.54, 1.807) is 13.3 Å². The van der Waals surface area contributed by atoms with Gasteiger partial charge in [0.2, 0.25) is 0 Å². The van der Waals surface area contributed by atoms with Crippen LogP contribution in [0.2, 0.25) is 5.02 Å². The molecule has 1 aromatic carbocycles. The Hall–Kier alpha value is -1.10. The highest BCUT2D eigenvalue weighted by Crippen LogP contribution is 2.38. The average Bonchev–Trinajstić information content (AvgIpc) is 2.76. The van der Waals surface area contributed by atoms with Crippen LogP contribution in [0.1, 0.15) is 4.88 Å².